The van der Waals surface area contributed by atoms with E-state index >= 15 is 0 Å². The van der Waals surface area contributed by atoms with E-state index in [2.05, 4.69) is 5.10 Å². The summed E-state index contributed by atoms with van der Waals surface area (Å²) in [4.78, 5) is 0. The molecule has 0 aliphatic rings. The lowest BCUT2D eigenvalue weighted by atomic mass is 10.1. The van der Waals surface area contributed by atoms with Crippen molar-refractivity contribution in [1.82, 2.24) is 9.78 Å². The molecule has 1 aromatic heterocycles. The number of aromatic nitrogens is 2. The lowest BCUT2D eigenvalue weighted by Crippen LogP contribution is -2.11. The Morgan fingerprint density at radius 3 is 2.26 bits per heavy atom. The molecular formula is C13H19Cl2N3O. The van der Waals surface area contributed by atoms with Gasteiger partial charge in [-0.2, -0.15) is 5.10 Å². The van der Waals surface area contributed by atoms with Crippen molar-refractivity contribution in [1.29, 1.82) is 0 Å². The van der Waals surface area contributed by atoms with E-state index in [4.69, 9.17) is 5.73 Å². The molecule has 1 unspecified atom stereocenters. The Morgan fingerprint density at radius 2 is 1.79 bits per heavy atom. The number of aryl methyl sites for hydroxylation is 2. The number of rotatable bonds is 3. The van der Waals surface area contributed by atoms with Gasteiger partial charge in [-0.15, -0.1) is 24.8 Å². The van der Waals surface area contributed by atoms with Crippen LogP contribution < -0.4 is 5.73 Å². The highest BCUT2D eigenvalue weighted by Crippen LogP contribution is 2.17. The standard InChI is InChI=1S/C13H17N3O.2ClH/c1-9-7-10(2)16(15-9)8-13(17)11-3-5-12(14)6-4-11;;/h3-7,13,17H,8,14H2,1-2H3;2*1H. The van der Waals surface area contributed by atoms with Gasteiger partial charge < -0.3 is 10.8 Å². The first-order valence-corrected chi connectivity index (χ1v) is 5.61. The Morgan fingerprint density at radius 1 is 1.21 bits per heavy atom. The van der Waals surface area contributed by atoms with E-state index in [1.807, 2.05) is 36.7 Å². The monoisotopic (exact) mass is 303 g/mol. The van der Waals surface area contributed by atoms with Gasteiger partial charge in [0, 0.05) is 11.4 Å². The molecule has 106 valence electrons. The molecule has 0 bridgehead atoms. The molecular weight excluding hydrogens is 285 g/mol. The van der Waals surface area contributed by atoms with Crippen LogP contribution in [0.1, 0.15) is 23.1 Å². The van der Waals surface area contributed by atoms with Gasteiger partial charge in [0.25, 0.3) is 0 Å². The van der Waals surface area contributed by atoms with Crippen molar-refractivity contribution in [3.63, 3.8) is 0 Å². The Hall–Kier alpha value is -1.23. The number of aliphatic hydroxyl groups is 1. The Labute approximate surface area is 125 Å². The third-order valence-corrected chi connectivity index (χ3v) is 2.77. The van der Waals surface area contributed by atoms with Crippen molar-refractivity contribution in [2.75, 3.05) is 5.73 Å². The lowest BCUT2D eigenvalue weighted by Gasteiger charge is -2.12. The smallest absolute Gasteiger partial charge is 0.0986 e. The molecule has 19 heavy (non-hydrogen) atoms. The zero-order valence-corrected chi connectivity index (χ0v) is 12.5. The minimum atomic E-state index is -0.561. The van der Waals surface area contributed by atoms with Gasteiger partial charge in [0.15, 0.2) is 0 Å². The Kier molecular flexibility index (Phi) is 6.90. The van der Waals surface area contributed by atoms with Crippen LogP contribution in [0.15, 0.2) is 30.3 Å². The van der Waals surface area contributed by atoms with E-state index in [-0.39, 0.29) is 24.8 Å². The van der Waals surface area contributed by atoms with Gasteiger partial charge in [0.2, 0.25) is 0 Å². The van der Waals surface area contributed by atoms with E-state index in [0.717, 1.165) is 17.0 Å². The zero-order chi connectivity index (χ0) is 12.4. The van der Waals surface area contributed by atoms with Crippen LogP contribution in [0, 0.1) is 13.8 Å². The van der Waals surface area contributed by atoms with Crippen molar-refractivity contribution >= 4 is 30.5 Å². The second-order valence-corrected chi connectivity index (χ2v) is 4.29. The third kappa shape index (κ3) is 4.42. The van der Waals surface area contributed by atoms with Crippen LogP contribution in [-0.2, 0) is 6.54 Å². The number of halogens is 2. The molecule has 2 rings (SSSR count). The Balaban J connectivity index is 0.00000162. The summed E-state index contributed by atoms with van der Waals surface area (Å²) in [5.41, 5.74) is 9.18. The molecule has 0 radical (unpaired) electrons. The number of nitrogen functional groups attached to an aromatic ring is 1. The van der Waals surface area contributed by atoms with Crippen molar-refractivity contribution in [2.45, 2.75) is 26.5 Å². The minimum Gasteiger partial charge on any atom is -0.399 e. The van der Waals surface area contributed by atoms with Crippen LogP contribution in [0.4, 0.5) is 5.69 Å². The number of hydrogen-bond donors (Lipinski definition) is 2. The second kappa shape index (κ2) is 7.38. The largest absolute Gasteiger partial charge is 0.399 e. The highest BCUT2D eigenvalue weighted by molar-refractivity contribution is 5.85. The molecule has 1 aromatic carbocycles. The van der Waals surface area contributed by atoms with Crippen molar-refractivity contribution in [2.24, 2.45) is 0 Å². The van der Waals surface area contributed by atoms with Crippen molar-refractivity contribution < 1.29 is 5.11 Å². The molecule has 0 saturated carbocycles. The molecule has 3 N–H and O–H groups in total. The summed E-state index contributed by atoms with van der Waals surface area (Å²) < 4.78 is 1.82. The first kappa shape index (κ1) is 17.8. The molecule has 6 heteroatoms. The maximum absolute atomic E-state index is 10.1. The molecule has 0 fully saturated rings. The van der Waals surface area contributed by atoms with E-state index in [0.29, 0.717) is 12.2 Å². The van der Waals surface area contributed by atoms with E-state index < -0.39 is 6.10 Å². The number of benzene rings is 1. The van der Waals surface area contributed by atoms with Gasteiger partial charge in [-0.25, -0.2) is 0 Å². The maximum Gasteiger partial charge on any atom is 0.0986 e. The second-order valence-electron chi connectivity index (χ2n) is 4.29. The van der Waals surface area contributed by atoms with Crippen LogP contribution in [0.5, 0.6) is 0 Å². The predicted octanol–water partition coefficient (Wildman–Crippen LogP) is 2.66. The molecule has 0 saturated heterocycles. The highest BCUT2D eigenvalue weighted by Gasteiger charge is 2.10. The first-order valence-electron chi connectivity index (χ1n) is 5.61. The van der Waals surface area contributed by atoms with Crippen LogP contribution in [-0.4, -0.2) is 14.9 Å². The molecule has 2 aromatic rings. The molecule has 1 atom stereocenters. The fourth-order valence-corrected chi connectivity index (χ4v) is 1.85. The van der Waals surface area contributed by atoms with Gasteiger partial charge in [-0.3, -0.25) is 4.68 Å². The molecule has 0 aliphatic heterocycles. The van der Waals surface area contributed by atoms with Gasteiger partial charge in [0.1, 0.15) is 0 Å². The van der Waals surface area contributed by atoms with Crippen LogP contribution in [0.25, 0.3) is 0 Å². The minimum absolute atomic E-state index is 0. The number of nitrogens with two attached hydrogens (primary N) is 1. The van der Waals surface area contributed by atoms with Crippen molar-refractivity contribution in [3.05, 3.63) is 47.3 Å². The molecule has 0 spiro atoms. The lowest BCUT2D eigenvalue weighted by molar-refractivity contribution is 0.150. The average Bonchev–Trinajstić information content (AvgIpc) is 2.58. The molecule has 1 heterocycles. The number of anilines is 1. The summed E-state index contributed by atoms with van der Waals surface area (Å²) >= 11 is 0. The first-order chi connectivity index (χ1) is 8.06. The van der Waals surface area contributed by atoms with E-state index in [1.54, 1.807) is 12.1 Å². The summed E-state index contributed by atoms with van der Waals surface area (Å²) in [5, 5.41) is 14.4. The van der Waals surface area contributed by atoms with Crippen molar-refractivity contribution in [3.8, 4) is 0 Å². The van der Waals surface area contributed by atoms with E-state index in [1.165, 1.54) is 0 Å². The van der Waals surface area contributed by atoms with Crippen LogP contribution in [0.2, 0.25) is 0 Å². The number of hydrogen-bond acceptors (Lipinski definition) is 3. The van der Waals surface area contributed by atoms with E-state index in [9.17, 15) is 5.11 Å². The third-order valence-electron chi connectivity index (χ3n) is 2.77. The molecule has 0 amide bonds. The maximum atomic E-state index is 10.1. The van der Waals surface area contributed by atoms with Crippen LogP contribution >= 0.6 is 24.8 Å². The topological polar surface area (TPSA) is 64.1 Å². The van der Waals surface area contributed by atoms with Gasteiger partial charge in [-0.1, -0.05) is 12.1 Å². The fraction of sp³-hybridized carbons (Fsp3) is 0.308. The summed E-state index contributed by atoms with van der Waals surface area (Å²) in [6.45, 7) is 4.39. The summed E-state index contributed by atoms with van der Waals surface area (Å²) in [7, 11) is 0. The summed E-state index contributed by atoms with van der Waals surface area (Å²) in [6, 6.07) is 9.26. The average molecular weight is 304 g/mol. The molecule has 4 nitrogen and oxygen atoms in total. The van der Waals surface area contributed by atoms with Gasteiger partial charge in [0.05, 0.1) is 18.3 Å². The SMILES string of the molecule is Cc1cc(C)n(CC(O)c2ccc(N)cc2)n1.Cl.Cl. The highest BCUT2D eigenvalue weighted by atomic mass is 35.5. The molecule has 0 aliphatic carbocycles. The van der Waals surface area contributed by atoms with Gasteiger partial charge in [-0.05, 0) is 37.6 Å². The number of nitrogens with zero attached hydrogens (tertiary/aromatic N) is 2. The van der Waals surface area contributed by atoms with Gasteiger partial charge >= 0.3 is 0 Å². The zero-order valence-electron chi connectivity index (χ0n) is 10.9. The summed E-state index contributed by atoms with van der Waals surface area (Å²) in [5.74, 6) is 0. The Bertz CT molecular complexity index is 511. The van der Waals surface area contributed by atoms with Crippen LogP contribution in [0.3, 0.4) is 0 Å². The quantitative estimate of drug-likeness (QED) is 0.857. The normalized spacial score (nSPS) is 11.3. The number of aliphatic hydroxyl groups excluding tert-OH is 1. The summed E-state index contributed by atoms with van der Waals surface area (Å²) in [6.07, 6.45) is -0.561. The predicted molar refractivity (Wildman–Crippen MR) is 82.0 cm³/mol. The fourth-order valence-electron chi connectivity index (χ4n) is 1.85.